The SMILES string of the molecule is CCC(C)(C)CC(C)(C)C(=O)N1CCN(C)CC1. The third-order valence-electron chi connectivity index (χ3n) is 4.25. The predicted molar refractivity (Wildman–Crippen MR) is 76.5 cm³/mol. The topological polar surface area (TPSA) is 23.6 Å². The number of likely N-dealkylation sites (N-methyl/N-ethyl adjacent to an activating group) is 1. The maximum Gasteiger partial charge on any atom is 0.228 e. The first-order valence-electron chi connectivity index (χ1n) is 7.16. The van der Waals surface area contributed by atoms with Crippen LogP contribution >= 0.6 is 0 Å². The number of hydrogen-bond donors (Lipinski definition) is 0. The third kappa shape index (κ3) is 3.98. The molecule has 1 rings (SSSR count). The van der Waals surface area contributed by atoms with Crippen LogP contribution in [0.3, 0.4) is 0 Å². The molecule has 18 heavy (non-hydrogen) atoms. The number of carbonyl (C=O) groups is 1. The Hall–Kier alpha value is -0.570. The summed E-state index contributed by atoms with van der Waals surface area (Å²) in [6, 6.07) is 0. The second kappa shape index (κ2) is 5.60. The Balaban J connectivity index is 2.64. The lowest BCUT2D eigenvalue weighted by atomic mass is 9.73. The second-order valence-corrected chi connectivity index (χ2v) is 7.17. The summed E-state index contributed by atoms with van der Waals surface area (Å²) in [5.74, 6) is 0.331. The molecule has 106 valence electrons. The van der Waals surface area contributed by atoms with Crippen molar-refractivity contribution in [2.45, 2.75) is 47.5 Å². The zero-order valence-electron chi connectivity index (χ0n) is 13.0. The number of nitrogens with zero attached hydrogens (tertiary/aromatic N) is 2. The van der Waals surface area contributed by atoms with E-state index in [0.717, 1.165) is 39.0 Å². The van der Waals surface area contributed by atoms with Crippen molar-refractivity contribution in [2.24, 2.45) is 10.8 Å². The van der Waals surface area contributed by atoms with Crippen molar-refractivity contribution >= 4 is 5.91 Å². The van der Waals surface area contributed by atoms with Gasteiger partial charge in [-0.3, -0.25) is 4.79 Å². The quantitative estimate of drug-likeness (QED) is 0.770. The average molecular weight is 254 g/mol. The van der Waals surface area contributed by atoms with E-state index in [1.807, 2.05) is 4.90 Å². The number of rotatable bonds is 4. The number of hydrogen-bond acceptors (Lipinski definition) is 2. The first-order chi connectivity index (χ1) is 8.18. The maximum absolute atomic E-state index is 12.6. The van der Waals surface area contributed by atoms with Gasteiger partial charge >= 0.3 is 0 Å². The summed E-state index contributed by atoms with van der Waals surface area (Å²) in [5, 5.41) is 0. The van der Waals surface area contributed by atoms with Gasteiger partial charge in [0.1, 0.15) is 0 Å². The van der Waals surface area contributed by atoms with E-state index in [2.05, 4.69) is 46.6 Å². The molecule has 3 heteroatoms. The van der Waals surface area contributed by atoms with Crippen LogP contribution in [0.15, 0.2) is 0 Å². The molecule has 0 atom stereocenters. The summed E-state index contributed by atoms with van der Waals surface area (Å²) in [4.78, 5) is 17.0. The second-order valence-electron chi connectivity index (χ2n) is 7.17. The van der Waals surface area contributed by atoms with Crippen molar-refractivity contribution in [3.63, 3.8) is 0 Å². The van der Waals surface area contributed by atoms with Gasteiger partial charge in [0.05, 0.1) is 0 Å². The Morgan fingerprint density at radius 2 is 1.56 bits per heavy atom. The van der Waals surface area contributed by atoms with E-state index in [1.54, 1.807) is 0 Å². The van der Waals surface area contributed by atoms with Crippen molar-refractivity contribution in [2.75, 3.05) is 33.2 Å². The normalized spacial score (nSPS) is 19.1. The van der Waals surface area contributed by atoms with Crippen LogP contribution in [-0.4, -0.2) is 48.9 Å². The van der Waals surface area contributed by atoms with E-state index in [9.17, 15) is 4.79 Å². The molecule has 0 aromatic carbocycles. The Labute approximate surface area is 113 Å². The number of carbonyl (C=O) groups excluding carboxylic acids is 1. The zero-order chi connectivity index (χ0) is 14.0. The molecular weight excluding hydrogens is 224 g/mol. The Morgan fingerprint density at radius 1 is 1.06 bits per heavy atom. The molecule has 1 aliphatic heterocycles. The number of amides is 1. The van der Waals surface area contributed by atoms with Gasteiger partial charge in [-0.1, -0.05) is 41.0 Å². The maximum atomic E-state index is 12.6. The summed E-state index contributed by atoms with van der Waals surface area (Å²) in [7, 11) is 2.12. The first-order valence-corrected chi connectivity index (χ1v) is 7.16. The van der Waals surface area contributed by atoms with Crippen molar-refractivity contribution in [3.8, 4) is 0 Å². The van der Waals surface area contributed by atoms with Crippen LogP contribution in [0.1, 0.15) is 47.5 Å². The molecule has 0 aliphatic carbocycles. The van der Waals surface area contributed by atoms with E-state index < -0.39 is 0 Å². The first kappa shape index (κ1) is 15.5. The molecule has 0 radical (unpaired) electrons. The molecule has 0 spiro atoms. The highest BCUT2D eigenvalue weighted by Crippen LogP contribution is 2.37. The van der Waals surface area contributed by atoms with Crippen molar-refractivity contribution in [3.05, 3.63) is 0 Å². The monoisotopic (exact) mass is 254 g/mol. The smallest absolute Gasteiger partial charge is 0.228 e. The largest absolute Gasteiger partial charge is 0.340 e. The molecule has 1 amide bonds. The lowest BCUT2D eigenvalue weighted by molar-refractivity contribution is -0.143. The molecule has 0 aromatic rings. The average Bonchev–Trinajstić information content (AvgIpc) is 2.28. The van der Waals surface area contributed by atoms with E-state index >= 15 is 0 Å². The lowest BCUT2D eigenvalue weighted by Gasteiger charge is -2.40. The van der Waals surface area contributed by atoms with Gasteiger partial charge < -0.3 is 9.80 Å². The van der Waals surface area contributed by atoms with Crippen LogP contribution in [0.5, 0.6) is 0 Å². The molecule has 0 saturated carbocycles. The third-order valence-corrected chi connectivity index (χ3v) is 4.25. The summed E-state index contributed by atoms with van der Waals surface area (Å²) < 4.78 is 0. The summed E-state index contributed by atoms with van der Waals surface area (Å²) in [5.41, 5.74) is 0.00115. The summed E-state index contributed by atoms with van der Waals surface area (Å²) >= 11 is 0. The lowest BCUT2D eigenvalue weighted by Crippen LogP contribution is -2.51. The van der Waals surface area contributed by atoms with Crippen LogP contribution in [0, 0.1) is 10.8 Å². The zero-order valence-corrected chi connectivity index (χ0v) is 13.0. The van der Waals surface area contributed by atoms with Crippen molar-refractivity contribution in [1.82, 2.24) is 9.80 Å². The van der Waals surface area contributed by atoms with Gasteiger partial charge in [-0.05, 0) is 18.9 Å². The van der Waals surface area contributed by atoms with E-state index in [4.69, 9.17) is 0 Å². The Bertz CT molecular complexity index is 289. The molecule has 1 saturated heterocycles. The van der Waals surface area contributed by atoms with Gasteiger partial charge in [-0.2, -0.15) is 0 Å². The van der Waals surface area contributed by atoms with Crippen LogP contribution in [-0.2, 0) is 4.79 Å². The van der Waals surface area contributed by atoms with Crippen LogP contribution in [0.25, 0.3) is 0 Å². The minimum Gasteiger partial charge on any atom is -0.340 e. The van der Waals surface area contributed by atoms with Gasteiger partial charge in [0.2, 0.25) is 5.91 Å². The fraction of sp³-hybridized carbons (Fsp3) is 0.933. The van der Waals surface area contributed by atoms with Gasteiger partial charge in [0.25, 0.3) is 0 Å². The predicted octanol–water partition coefficient (Wildman–Crippen LogP) is 2.61. The Morgan fingerprint density at radius 3 is 2.00 bits per heavy atom. The molecule has 1 aliphatic rings. The minimum absolute atomic E-state index is 0.241. The molecule has 0 aromatic heterocycles. The van der Waals surface area contributed by atoms with Crippen LogP contribution in [0.4, 0.5) is 0 Å². The Kier molecular flexibility index (Phi) is 4.82. The van der Waals surface area contributed by atoms with Gasteiger partial charge in [-0.15, -0.1) is 0 Å². The number of piperazine rings is 1. The van der Waals surface area contributed by atoms with Gasteiger partial charge in [0.15, 0.2) is 0 Å². The van der Waals surface area contributed by atoms with E-state index in [1.165, 1.54) is 0 Å². The highest BCUT2D eigenvalue weighted by atomic mass is 16.2. The molecular formula is C15H30N2O. The highest BCUT2D eigenvalue weighted by Gasteiger charge is 2.37. The fourth-order valence-corrected chi connectivity index (χ4v) is 2.83. The summed E-state index contributed by atoms with van der Waals surface area (Å²) in [6.07, 6.45) is 2.08. The molecule has 3 nitrogen and oxygen atoms in total. The van der Waals surface area contributed by atoms with Crippen LogP contribution < -0.4 is 0 Å². The molecule has 0 bridgehead atoms. The molecule has 1 heterocycles. The van der Waals surface area contributed by atoms with Gasteiger partial charge in [-0.25, -0.2) is 0 Å². The van der Waals surface area contributed by atoms with Crippen molar-refractivity contribution < 1.29 is 4.79 Å². The highest BCUT2D eigenvalue weighted by molar-refractivity contribution is 5.82. The molecule has 0 unspecified atom stereocenters. The summed E-state index contributed by atoms with van der Waals surface area (Å²) in [6.45, 7) is 14.7. The minimum atomic E-state index is -0.241. The van der Waals surface area contributed by atoms with Gasteiger partial charge in [0, 0.05) is 31.6 Å². The van der Waals surface area contributed by atoms with E-state index in [0.29, 0.717) is 5.91 Å². The van der Waals surface area contributed by atoms with Crippen molar-refractivity contribution in [1.29, 1.82) is 0 Å². The van der Waals surface area contributed by atoms with Crippen LogP contribution in [0.2, 0.25) is 0 Å². The molecule has 0 N–H and O–H groups in total. The standard InChI is InChI=1S/C15H30N2O/c1-7-14(2,3)12-15(4,5)13(18)17-10-8-16(6)9-11-17/h7-12H2,1-6H3. The fourth-order valence-electron chi connectivity index (χ4n) is 2.83. The van der Waals surface area contributed by atoms with E-state index in [-0.39, 0.29) is 10.8 Å². The molecule has 1 fully saturated rings.